The van der Waals surface area contributed by atoms with Gasteiger partial charge >= 0.3 is 0 Å². The maximum atomic E-state index is 12.7. The lowest BCUT2D eigenvalue weighted by atomic mass is 10.1. The molecule has 1 aromatic carbocycles. The number of anilines is 1. The summed E-state index contributed by atoms with van der Waals surface area (Å²) in [7, 11) is 0. The van der Waals surface area contributed by atoms with Crippen molar-refractivity contribution in [3.05, 3.63) is 47.5 Å². The van der Waals surface area contributed by atoms with E-state index in [9.17, 15) is 14.4 Å². The third kappa shape index (κ3) is 4.16. The minimum Gasteiger partial charge on any atom is -0.482 e. The van der Waals surface area contributed by atoms with Gasteiger partial charge in [-0.1, -0.05) is 6.07 Å². The number of amides is 3. The van der Waals surface area contributed by atoms with Crippen LogP contribution in [0.2, 0.25) is 0 Å². The van der Waals surface area contributed by atoms with E-state index in [0.717, 1.165) is 5.56 Å². The summed E-state index contributed by atoms with van der Waals surface area (Å²) in [4.78, 5) is 47.6. The van der Waals surface area contributed by atoms with E-state index >= 15 is 0 Å². The van der Waals surface area contributed by atoms with E-state index < -0.39 is 17.9 Å². The van der Waals surface area contributed by atoms with E-state index in [1.165, 1.54) is 12.5 Å². The molecule has 31 heavy (non-hydrogen) atoms. The van der Waals surface area contributed by atoms with Crippen LogP contribution in [0.25, 0.3) is 11.0 Å². The highest BCUT2D eigenvalue weighted by molar-refractivity contribution is 6.10. The van der Waals surface area contributed by atoms with Crippen molar-refractivity contribution < 1.29 is 24.2 Å². The van der Waals surface area contributed by atoms with Gasteiger partial charge in [-0.15, -0.1) is 0 Å². The van der Waals surface area contributed by atoms with Crippen LogP contribution < -0.4 is 20.7 Å². The number of nitrogens with zero attached hydrogens (tertiary/aromatic N) is 2. The Bertz CT molecular complexity index is 1170. The number of fused-ring (bicyclic) bond motifs is 2. The van der Waals surface area contributed by atoms with Crippen molar-refractivity contribution in [3.8, 4) is 5.75 Å². The quantitative estimate of drug-likeness (QED) is 0.381. The van der Waals surface area contributed by atoms with Gasteiger partial charge in [0.25, 0.3) is 17.7 Å². The lowest BCUT2D eigenvalue weighted by Gasteiger charge is -2.18. The zero-order valence-corrected chi connectivity index (χ0v) is 16.6. The Kier molecular flexibility index (Phi) is 5.50. The molecule has 11 nitrogen and oxygen atoms in total. The Balaban J connectivity index is 1.50. The van der Waals surface area contributed by atoms with Crippen LogP contribution in [-0.4, -0.2) is 57.0 Å². The number of H-pyrrole nitrogens is 1. The second kappa shape index (κ2) is 8.40. The number of aliphatic hydroxyl groups excluding tert-OH is 1. The average Bonchev–Trinajstić information content (AvgIpc) is 3.21. The summed E-state index contributed by atoms with van der Waals surface area (Å²) in [6.07, 6.45) is 2.66. The van der Waals surface area contributed by atoms with Gasteiger partial charge in [-0.2, -0.15) is 0 Å². The van der Waals surface area contributed by atoms with Crippen molar-refractivity contribution in [1.82, 2.24) is 25.6 Å². The summed E-state index contributed by atoms with van der Waals surface area (Å²) in [6, 6.07) is 4.81. The highest BCUT2D eigenvalue weighted by Gasteiger charge is 2.21. The van der Waals surface area contributed by atoms with Crippen LogP contribution in [0, 0.1) is 0 Å². The molecule has 11 heteroatoms. The van der Waals surface area contributed by atoms with E-state index in [0.29, 0.717) is 22.5 Å². The number of aliphatic hydroxyl groups is 1. The number of carbonyl (C=O) groups is 3. The molecule has 0 saturated carbocycles. The molecular formula is C20H20N6O5. The fraction of sp³-hybridized carbons (Fsp3) is 0.250. The monoisotopic (exact) mass is 424 g/mol. The van der Waals surface area contributed by atoms with Gasteiger partial charge in [0, 0.05) is 18.8 Å². The molecule has 3 aromatic rings. The number of ether oxygens (including phenoxy) is 1. The van der Waals surface area contributed by atoms with Gasteiger partial charge in [-0.05, 0) is 24.6 Å². The molecular weight excluding hydrogens is 404 g/mol. The summed E-state index contributed by atoms with van der Waals surface area (Å²) < 4.78 is 5.32. The highest BCUT2D eigenvalue weighted by atomic mass is 16.5. The van der Waals surface area contributed by atoms with Gasteiger partial charge in [-0.25, -0.2) is 9.97 Å². The molecule has 160 valence electrons. The van der Waals surface area contributed by atoms with Crippen molar-refractivity contribution in [2.75, 3.05) is 18.5 Å². The smallest absolute Gasteiger partial charge is 0.272 e. The standard InChI is InChI=1S/C20H20N6O5/c1-10(7-27)25-19(29)12-6-21-17-16(12)23-9-24-18(17)20(30)22-5-11-2-3-14-13(4-11)26-15(28)8-31-14/h2-4,6,9-10,21,27H,5,7-8H2,1H3,(H,22,30)(H,25,29)(H,26,28)/t10-/m0/s1. The first-order valence-electron chi connectivity index (χ1n) is 9.54. The molecule has 0 unspecified atom stereocenters. The minimum atomic E-state index is -0.456. The van der Waals surface area contributed by atoms with E-state index in [1.807, 2.05) is 0 Å². The molecule has 0 fully saturated rings. The molecule has 1 aliphatic heterocycles. The molecule has 0 spiro atoms. The molecule has 5 N–H and O–H groups in total. The zero-order chi connectivity index (χ0) is 22.0. The number of hydrogen-bond acceptors (Lipinski definition) is 7. The first-order valence-corrected chi connectivity index (χ1v) is 9.54. The fourth-order valence-corrected chi connectivity index (χ4v) is 3.14. The molecule has 3 heterocycles. The second-order valence-electron chi connectivity index (χ2n) is 7.06. The number of nitrogens with one attached hydrogen (secondary N) is 4. The largest absolute Gasteiger partial charge is 0.482 e. The third-order valence-electron chi connectivity index (χ3n) is 4.70. The lowest BCUT2D eigenvalue weighted by molar-refractivity contribution is -0.118. The van der Waals surface area contributed by atoms with Gasteiger partial charge in [0.2, 0.25) is 0 Å². The first kappa shape index (κ1) is 20.3. The van der Waals surface area contributed by atoms with Gasteiger partial charge in [0.15, 0.2) is 12.3 Å². The van der Waals surface area contributed by atoms with Crippen LogP contribution in [0.15, 0.2) is 30.7 Å². The van der Waals surface area contributed by atoms with Gasteiger partial charge in [0.05, 0.1) is 23.4 Å². The Morgan fingerprint density at radius 2 is 2.13 bits per heavy atom. The topological polar surface area (TPSA) is 158 Å². The molecule has 1 aliphatic rings. The second-order valence-corrected chi connectivity index (χ2v) is 7.06. The fourth-order valence-electron chi connectivity index (χ4n) is 3.14. The Hall–Kier alpha value is -3.99. The van der Waals surface area contributed by atoms with E-state index in [4.69, 9.17) is 9.84 Å². The minimum absolute atomic E-state index is 0.0259. The van der Waals surface area contributed by atoms with Gasteiger partial charge in [0.1, 0.15) is 17.6 Å². The van der Waals surface area contributed by atoms with Crippen molar-refractivity contribution in [3.63, 3.8) is 0 Å². The molecule has 4 rings (SSSR count). The number of rotatable bonds is 6. The zero-order valence-electron chi connectivity index (χ0n) is 16.6. The Labute approximate surface area is 176 Å². The van der Waals surface area contributed by atoms with Crippen LogP contribution in [0.5, 0.6) is 5.75 Å². The average molecular weight is 424 g/mol. The van der Waals surface area contributed by atoms with E-state index in [-0.39, 0.29) is 36.9 Å². The summed E-state index contributed by atoms with van der Waals surface area (Å²) in [5.41, 5.74) is 2.27. The van der Waals surface area contributed by atoms with Crippen LogP contribution in [0.1, 0.15) is 33.3 Å². The Morgan fingerprint density at radius 3 is 2.94 bits per heavy atom. The van der Waals surface area contributed by atoms with Crippen LogP contribution >= 0.6 is 0 Å². The summed E-state index contributed by atoms with van der Waals surface area (Å²) in [5.74, 6) is -0.545. The highest BCUT2D eigenvalue weighted by Crippen LogP contribution is 2.28. The molecule has 1 atom stereocenters. The third-order valence-corrected chi connectivity index (χ3v) is 4.70. The molecule has 0 bridgehead atoms. The Morgan fingerprint density at radius 1 is 1.29 bits per heavy atom. The summed E-state index contributed by atoms with van der Waals surface area (Å²) in [5, 5.41) is 17.2. The van der Waals surface area contributed by atoms with Crippen LogP contribution in [-0.2, 0) is 11.3 Å². The van der Waals surface area contributed by atoms with Gasteiger partial charge < -0.3 is 30.8 Å². The molecule has 3 amide bonds. The van der Waals surface area contributed by atoms with Crippen molar-refractivity contribution >= 4 is 34.4 Å². The predicted octanol–water partition coefficient (Wildman–Crippen LogP) is 0.329. The molecule has 2 aromatic heterocycles. The van der Waals surface area contributed by atoms with E-state index in [2.05, 4.69) is 30.9 Å². The molecule has 0 aliphatic carbocycles. The number of benzene rings is 1. The summed E-state index contributed by atoms with van der Waals surface area (Å²) >= 11 is 0. The number of carbonyl (C=O) groups excluding carboxylic acids is 3. The molecule has 0 saturated heterocycles. The van der Waals surface area contributed by atoms with Crippen molar-refractivity contribution in [1.29, 1.82) is 0 Å². The number of aromatic amines is 1. The van der Waals surface area contributed by atoms with Gasteiger partial charge in [-0.3, -0.25) is 14.4 Å². The number of hydrogen-bond donors (Lipinski definition) is 5. The SMILES string of the molecule is C[C@@H](CO)NC(=O)c1c[nH]c2c(C(=O)NCc3ccc4c(c3)NC(=O)CO4)ncnc12. The maximum absolute atomic E-state index is 12.7. The maximum Gasteiger partial charge on any atom is 0.272 e. The van der Waals surface area contributed by atoms with E-state index in [1.54, 1.807) is 25.1 Å². The summed E-state index contributed by atoms with van der Waals surface area (Å²) in [6.45, 7) is 1.63. The normalized spacial score (nSPS) is 13.7. The van der Waals surface area contributed by atoms with Crippen molar-refractivity contribution in [2.45, 2.75) is 19.5 Å². The number of aromatic nitrogens is 3. The lowest BCUT2D eigenvalue weighted by Crippen LogP contribution is -2.34. The molecule has 0 radical (unpaired) electrons. The predicted molar refractivity (Wildman–Crippen MR) is 110 cm³/mol. The van der Waals surface area contributed by atoms with Crippen LogP contribution in [0.4, 0.5) is 5.69 Å². The first-order chi connectivity index (χ1) is 15.0. The van der Waals surface area contributed by atoms with Crippen LogP contribution in [0.3, 0.4) is 0 Å². The van der Waals surface area contributed by atoms with Crippen molar-refractivity contribution in [2.24, 2.45) is 0 Å².